The van der Waals surface area contributed by atoms with Gasteiger partial charge in [-0.1, -0.05) is 45.4 Å². The first kappa shape index (κ1) is 10.2. The standard InChI is InChI=1S/C12H17F/c1-4-9(2)10(3)11-7-5-6-8-12(11)13/h5-10H,4H2,1-3H3. The lowest BCUT2D eigenvalue weighted by Crippen LogP contribution is -2.06. The molecule has 0 fully saturated rings. The fourth-order valence-electron chi connectivity index (χ4n) is 1.50. The largest absolute Gasteiger partial charge is 0.207 e. The van der Waals surface area contributed by atoms with E-state index in [0.29, 0.717) is 11.8 Å². The van der Waals surface area contributed by atoms with Crippen LogP contribution >= 0.6 is 0 Å². The van der Waals surface area contributed by atoms with Gasteiger partial charge in [-0.05, 0) is 23.5 Å². The Labute approximate surface area is 79.8 Å². The second-order valence-corrected chi connectivity index (χ2v) is 3.70. The highest BCUT2D eigenvalue weighted by Crippen LogP contribution is 2.27. The summed E-state index contributed by atoms with van der Waals surface area (Å²) in [6.45, 7) is 6.39. The zero-order chi connectivity index (χ0) is 9.84. The fraction of sp³-hybridized carbons (Fsp3) is 0.500. The van der Waals surface area contributed by atoms with Crippen LogP contribution in [0.15, 0.2) is 24.3 Å². The number of hydrogen-bond acceptors (Lipinski definition) is 0. The number of benzene rings is 1. The van der Waals surface area contributed by atoms with Crippen LogP contribution in [0.25, 0.3) is 0 Å². The average molecular weight is 180 g/mol. The van der Waals surface area contributed by atoms with Crippen molar-refractivity contribution >= 4 is 0 Å². The Morgan fingerprint density at radius 2 is 1.85 bits per heavy atom. The lowest BCUT2D eigenvalue weighted by molar-refractivity contribution is 0.454. The minimum absolute atomic E-state index is 0.0738. The van der Waals surface area contributed by atoms with E-state index < -0.39 is 0 Å². The molecule has 0 aliphatic heterocycles. The molecule has 0 saturated carbocycles. The normalized spacial score (nSPS) is 15.4. The van der Waals surface area contributed by atoms with E-state index in [2.05, 4.69) is 20.8 Å². The second kappa shape index (κ2) is 4.40. The zero-order valence-electron chi connectivity index (χ0n) is 8.55. The van der Waals surface area contributed by atoms with Crippen LogP contribution in [0, 0.1) is 11.7 Å². The third-order valence-electron chi connectivity index (χ3n) is 2.89. The lowest BCUT2D eigenvalue weighted by Gasteiger charge is -2.18. The van der Waals surface area contributed by atoms with Gasteiger partial charge in [0.25, 0.3) is 0 Å². The van der Waals surface area contributed by atoms with E-state index in [9.17, 15) is 4.39 Å². The molecule has 0 saturated heterocycles. The predicted octanol–water partition coefficient (Wildman–Crippen LogP) is 3.98. The molecular formula is C12H17F. The number of rotatable bonds is 3. The molecule has 0 amide bonds. The van der Waals surface area contributed by atoms with Crippen molar-refractivity contribution in [3.63, 3.8) is 0 Å². The van der Waals surface area contributed by atoms with Gasteiger partial charge in [-0.2, -0.15) is 0 Å². The number of halogens is 1. The molecular weight excluding hydrogens is 163 g/mol. The molecule has 2 unspecified atom stereocenters. The molecule has 0 aliphatic rings. The van der Waals surface area contributed by atoms with Gasteiger partial charge in [0.15, 0.2) is 0 Å². The van der Waals surface area contributed by atoms with Gasteiger partial charge in [0.05, 0.1) is 0 Å². The monoisotopic (exact) mass is 180 g/mol. The fourth-order valence-corrected chi connectivity index (χ4v) is 1.50. The second-order valence-electron chi connectivity index (χ2n) is 3.70. The van der Waals surface area contributed by atoms with E-state index in [1.165, 1.54) is 6.07 Å². The summed E-state index contributed by atoms with van der Waals surface area (Å²) >= 11 is 0. The van der Waals surface area contributed by atoms with Crippen molar-refractivity contribution in [1.29, 1.82) is 0 Å². The van der Waals surface area contributed by atoms with Crippen LogP contribution in [0.2, 0.25) is 0 Å². The first-order chi connectivity index (χ1) is 6.16. The molecule has 1 rings (SSSR count). The quantitative estimate of drug-likeness (QED) is 0.660. The Bertz CT molecular complexity index is 268. The zero-order valence-corrected chi connectivity index (χ0v) is 8.55. The highest BCUT2D eigenvalue weighted by Gasteiger charge is 2.15. The van der Waals surface area contributed by atoms with Crippen LogP contribution in [0.5, 0.6) is 0 Å². The third kappa shape index (κ3) is 2.30. The lowest BCUT2D eigenvalue weighted by atomic mass is 9.87. The van der Waals surface area contributed by atoms with E-state index >= 15 is 0 Å². The smallest absolute Gasteiger partial charge is 0.126 e. The van der Waals surface area contributed by atoms with Gasteiger partial charge in [0.1, 0.15) is 5.82 Å². The summed E-state index contributed by atoms with van der Waals surface area (Å²) in [7, 11) is 0. The Morgan fingerprint density at radius 1 is 1.23 bits per heavy atom. The molecule has 13 heavy (non-hydrogen) atoms. The van der Waals surface area contributed by atoms with Crippen molar-refractivity contribution in [2.24, 2.45) is 5.92 Å². The van der Waals surface area contributed by atoms with Crippen LogP contribution < -0.4 is 0 Å². The van der Waals surface area contributed by atoms with Crippen LogP contribution in [0.1, 0.15) is 38.7 Å². The summed E-state index contributed by atoms with van der Waals surface area (Å²) in [5, 5.41) is 0. The van der Waals surface area contributed by atoms with E-state index in [1.807, 2.05) is 12.1 Å². The SMILES string of the molecule is CCC(C)C(C)c1ccccc1F. The van der Waals surface area contributed by atoms with Gasteiger partial charge >= 0.3 is 0 Å². The van der Waals surface area contributed by atoms with Crippen molar-refractivity contribution in [1.82, 2.24) is 0 Å². The van der Waals surface area contributed by atoms with E-state index in [1.54, 1.807) is 6.07 Å². The molecule has 1 aromatic rings. The van der Waals surface area contributed by atoms with Gasteiger partial charge in [-0.25, -0.2) is 4.39 Å². The maximum Gasteiger partial charge on any atom is 0.126 e. The molecule has 0 radical (unpaired) electrons. The van der Waals surface area contributed by atoms with E-state index in [0.717, 1.165) is 12.0 Å². The summed E-state index contributed by atoms with van der Waals surface area (Å²) in [5.41, 5.74) is 0.844. The Hall–Kier alpha value is -0.850. The molecule has 2 atom stereocenters. The molecule has 0 aliphatic carbocycles. The molecule has 1 heteroatoms. The minimum Gasteiger partial charge on any atom is -0.207 e. The van der Waals surface area contributed by atoms with Gasteiger partial charge in [0, 0.05) is 0 Å². The van der Waals surface area contributed by atoms with Crippen molar-refractivity contribution in [2.45, 2.75) is 33.1 Å². The van der Waals surface area contributed by atoms with E-state index in [4.69, 9.17) is 0 Å². The van der Waals surface area contributed by atoms with Crippen LogP contribution in [-0.4, -0.2) is 0 Å². The molecule has 0 N–H and O–H groups in total. The first-order valence-electron chi connectivity index (χ1n) is 4.91. The Balaban J connectivity index is 2.88. The summed E-state index contributed by atoms with van der Waals surface area (Å²) in [5.74, 6) is 0.776. The van der Waals surface area contributed by atoms with Crippen molar-refractivity contribution in [2.75, 3.05) is 0 Å². The van der Waals surface area contributed by atoms with Crippen molar-refractivity contribution < 1.29 is 4.39 Å². The maximum absolute atomic E-state index is 13.3. The molecule has 0 aromatic heterocycles. The predicted molar refractivity (Wildman–Crippen MR) is 54.3 cm³/mol. The highest BCUT2D eigenvalue weighted by molar-refractivity contribution is 5.21. The van der Waals surface area contributed by atoms with Crippen LogP contribution in [0.3, 0.4) is 0 Å². The molecule has 0 bridgehead atoms. The van der Waals surface area contributed by atoms with Gasteiger partial charge in [0.2, 0.25) is 0 Å². The summed E-state index contributed by atoms with van der Waals surface area (Å²) < 4.78 is 13.3. The third-order valence-corrected chi connectivity index (χ3v) is 2.89. The van der Waals surface area contributed by atoms with Crippen LogP contribution in [-0.2, 0) is 0 Å². The average Bonchev–Trinajstić information content (AvgIpc) is 2.16. The highest BCUT2D eigenvalue weighted by atomic mass is 19.1. The Kier molecular flexibility index (Phi) is 3.47. The van der Waals surface area contributed by atoms with Crippen LogP contribution in [0.4, 0.5) is 4.39 Å². The van der Waals surface area contributed by atoms with Crippen molar-refractivity contribution in [3.05, 3.63) is 35.6 Å². The summed E-state index contributed by atoms with van der Waals surface area (Å²) in [6, 6.07) is 7.06. The molecule has 0 nitrogen and oxygen atoms in total. The molecule has 72 valence electrons. The van der Waals surface area contributed by atoms with E-state index in [-0.39, 0.29) is 5.82 Å². The topological polar surface area (TPSA) is 0 Å². The molecule has 0 heterocycles. The summed E-state index contributed by atoms with van der Waals surface area (Å²) in [4.78, 5) is 0. The summed E-state index contributed by atoms with van der Waals surface area (Å²) in [6.07, 6.45) is 1.09. The Morgan fingerprint density at radius 3 is 2.38 bits per heavy atom. The van der Waals surface area contributed by atoms with Gasteiger partial charge in [-0.15, -0.1) is 0 Å². The number of hydrogen-bond donors (Lipinski definition) is 0. The minimum atomic E-state index is -0.0738. The maximum atomic E-state index is 13.3. The molecule has 1 aromatic carbocycles. The van der Waals surface area contributed by atoms with Crippen molar-refractivity contribution in [3.8, 4) is 0 Å². The molecule has 0 spiro atoms. The van der Waals surface area contributed by atoms with Gasteiger partial charge < -0.3 is 0 Å². The van der Waals surface area contributed by atoms with Gasteiger partial charge in [-0.3, -0.25) is 0 Å². The first-order valence-corrected chi connectivity index (χ1v) is 4.91.